The van der Waals surface area contributed by atoms with Crippen LogP contribution in [0.15, 0.2) is 12.3 Å². The predicted octanol–water partition coefficient (Wildman–Crippen LogP) is 1.05. The summed E-state index contributed by atoms with van der Waals surface area (Å²) in [5.41, 5.74) is 5.25. The monoisotopic (exact) mass is 218 g/mol. The zero-order chi connectivity index (χ0) is 11.4. The van der Waals surface area contributed by atoms with Crippen molar-refractivity contribution in [2.45, 2.75) is 6.61 Å². The summed E-state index contributed by atoms with van der Waals surface area (Å²) >= 11 is 0. The van der Waals surface area contributed by atoms with Gasteiger partial charge in [0.05, 0.1) is 19.0 Å². The van der Waals surface area contributed by atoms with E-state index in [0.717, 1.165) is 19.4 Å². The molecule has 0 unspecified atom stereocenters. The van der Waals surface area contributed by atoms with E-state index in [1.807, 2.05) is 0 Å². The summed E-state index contributed by atoms with van der Waals surface area (Å²) in [4.78, 5) is 14.6. The minimum atomic E-state index is -3.07. The Balaban J connectivity index is 3.08. The zero-order valence-electron chi connectivity index (χ0n) is 7.74. The number of anilines is 1. The van der Waals surface area contributed by atoms with Gasteiger partial charge in [0.1, 0.15) is 5.56 Å². The first kappa shape index (κ1) is 11.2. The molecule has 0 aliphatic rings. The fourth-order valence-electron chi connectivity index (χ4n) is 0.903. The lowest BCUT2D eigenvalue weighted by atomic mass is 10.2. The third kappa shape index (κ3) is 2.76. The minimum Gasteiger partial charge on any atom is -0.465 e. The van der Waals surface area contributed by atoms with Crippen LogP contribution in [0, 0.1) is 0 Å². The highest BCUT2D eigenvalue weighted by Crippen LogP contribution is 2.20. The van der Waals surface area contributed by atoms with E-state index in [4.69, 9.17) is 5.73 Å². The van der Waals surface area contributed by atoms with E-state index in [1.54, 1.807) is 0 Å². The summed E-state index contributed by atoms with van der Waals surface area (Å²) in [6.45, 7) is -3.07. The number of alkyl halides is 2. The maximum absolute atomic E-state index is 11.9. The summed E-state index contributed by atoms with van der Waals surface area (Å²) in [6.07, 6.45) is 1.10. The maximum atomic E-state index is 11.9. The van der Waals surface area contributed by atoms with Gasteiger partial charge in [0.25, 0.3) is 0 Å². The van der Waals surface area contributed by atoms with Crippen molar-refractivity contribution in [2.75, 3.05) is 12.8 Å². The Morgan fingerprint density at radius 2 is 2.27 bits per heavy atom. The lowest BCUT2D eigenvalue weighted by Gasteiger charge is -2.08. The lowest BCUT2D eigenvalue weighted by Crippen LogP contribution is -2.11. The first-order valence-electron chi connectivity index (χ1n) is 3.83. The number of hydrogen-bond acceptors (Lipinski definition) is 5. The number of nitrogen functional groups attached to an aromatic ring is 1. The number of carbonyl (C=O) groups is 1. The Morgan fingerprint density at radius 1 is 1.60 bits per heavy atom. The number of aromatic nitrogens is 1. The van der Waals surface area contributed by atoms with Crippen LogP contribution in [0.2, 0.25) is 0 Å². The molecule has 0 aliphatic carbocycles. The van der Waals surface area contributed by atoms with Gasteiger partial charge in [-0.2, -0.15) is 8.78 Å². The number of esters is 1. The second-order valence-corrected chi connectivity index (χ2v) is 2.49. The molecular formula is C8H8F2N2O3. The van der Waals surface area contributed by atoms with E-state index in [0.29, 0.717) is 0 Å². The van der Waals surface area contributed by atoms with Crippen LogP contribution in [0.3, 0.4) is 0 Å². The molecule has 0 fully saturated rings. The molecule has 0 spiro atoms. The van der Waals surface area contributed by atoms with Crippen molar-refractivity contribution >= 4 is 11.7 Å². The van der Waals surface area contributed by atoms with E-state index in [-0.39, 0.29) is 11.3 Å². The summed E-state index contributed by atoms with van der Waals surface area (Å²) in [7, 11) is 1.11. The van der Waals surface area contributed by atoms with Crippen LogP contribution in [-0.2, 0) is 4.74 Å². The van der Waals surface area contributed by atoms with E-state index < -0.39 is 18.5 Å². The molecule has 15 heavy (non-hydrogen) atoms. The smallest absolute Gasteiger partial charge is 0.388 e. The number of pyridine rings is 1. The molecule has 0 saturated heterocycles. The van der Waals surface area contributed by atoms with Crippen molar-refractivity contribution in [2.24, 2.45) is 0 Å². The topological polar surface area (TPSA) is 74.4 Å². The molecule has 0 amide bonds. The summed E-state index contributed by atoms with van der Waals surface area (Å²) in [5.74, 6) is -1.35. The van der Waals surface area contributed by atoms with Gasteiger partial charge < -0.3 is 15.2 Å². The Bertz CT molecular complexity index is 371. The number of nitrogens with zero attached hydrogens (tertiary/aromatic N) is 1. The number of carbonyl (C=O) groups excluding carboxylic acids is 1. The van der Waals surface area contributed by atoms with E-state index in [9.17, 15) is 13.6 Å². The van der Waals surface area contributed by atoms with Crippen LogP contribution in [0.4, 0.5) is 14.5 Å². The van der Waals surface area contributed by atoms with Gasteiger partial charge in [-0.1, -0.05) is 0 Å². The molecule has 0 saturated carbocycles. The molecule has 0 aromatic carbocycles. The third-order valence-corrected chi connectivity index (χ3v) is 1.48. The molecule has 82 valence electrons. The van der Waals surface area contributed by atoms with Crippen molar-refractivity contribution in [1.29, 1.82) is 0 Å². The lowest BCUT2D eigenvalue weighted by molar-refractivity contribution is -0.0534. The van der Waals surface area contributed by atoms with Gasteiger partial charge in [0.2, 0.25) is 5.88 Å². The highest BCUT2D eigenvalue weighted by Gasteiger charge is 2.18. The summed E-state index contributed by atoms with van der Waals surface area (Å²) in [5, 5.41) is 0. The Labute approximate surface area is 83.8 Å². The van der Waals surface area contributed by atoms with Crippen LogP contribution >= 0.6 is 0 Å². The van der Waals surface area contributed by atoms with Crippen molar-refractivity contribution in [3.05, 3.63) is 17.8 Å². The third-order valence-electron chi connectivity index (χ3n) is 1.48. The van der Waals surface area contributed by atoms with Crippen LogP contribution < -0.4 is 10.5 Å². The van der Waals surface area contributed by atoms with Gasteiger partial charge in [0, 0.05) is 0 Å². The molecule has 1 aromatic rings. The quantitative estimate of drug-likeness (QED) is 0.767. The Morgan fingerprint density at radius 3 is 2.80 bits per heavy atom. The van der Waals surface area contributed by atoms with E-state index >= 15 is 0 Å². The van der Waals surface area contributed by atoms with Gasteiger partial charge in [-0.3, -0.25) is 0 Å². The van der Waals surface area contributed by atoms with Gasteiger partial charge in [-0.05, 0) is 6.07 Å². The van der Waals surface area contributed by atoms with Crippen molar-refractivity contribution in [3.8, 4) is 5.88 Å². The molecule has 1 aromatic heterocycles. The molecular weight excluding hydrogens is 210 g/mol. The van der Waals surface area contributed by atoms with Crippen LogP contribution in [0.1, 0.15) is 10.4 Å². The minimum absolute atomic E-state index is 0.150. The molecule has 0 aliphatic heterocycles. The van der Waals surface area contributed by atoms with Gasteiger partial charge >= 0.3 is 12.6 Å². The van der Waals surface area contributed by atoms with Crippen LogP contribution in [-0.4, -0.2) is 24.7 Å². The van der Waals surface area contributed by atoms with Crippen molar-refractivity contribution in [3.63, 3.8) is 0 Å². The second kappa shape index (κ2) is 4.54. The maximum Gasteiger partial charge on any atom is 0.388 e. The molecule has 7 heteroatoms. The first-order chi connectivity index (χ1) is 7.04. The summed E-state index contributed by atoms with van der Waals surface area (Å²) in [6, 6.07) is 1.15. The van der Waals surface area contributed by atoms with Crippen LogP contribution in [0.25, 0.3) is 0 Å². The fraction of sp³-hybridized carbons (Fsp3) is 0.250. The number of methoxy groups -OCH3 is 1. The molecule has 1 heterocycles. The fourth-order valence-corrected chi connectivity index (χ4v) is 0.903. The van der Waals surface area contributed by atoms with Gasteiger partial charge in [-0.25, -0.2) is 9.78 Å². The van der Waals surface area contributed by atoms with Crippen LogP contribution in [0.5, 0.6) is 5.88 Å². The average molecular weight is 218 g/mol. The number of hydrogen-bond donors (Lipinski definition) is 1. The van der Waals surface area contributed by atoms with E-state index in [1.165, 1.54) is 0 Å². The Hall–Kier alpha value is -1.92. The Kier molecular flexibility index (Phi) is 3.37. The van der Waals surface area contributed by atoms with E-state index in [2.05, 4.69) is 14.5 Å². The molecule has 0 atom stereocenters. The number of rotatable bonds is 3. The SMILES string of the molecule is COC(=O)c1cc(N)cnc1OC(F)F. The molecule has 0 bridgehead atoms. The molecule has 0 radical (unpaired) electrons. The molecule has 1 rings (SSSR count). The average Bonchev–Trinajstić information content (AvgIpc) is 2.19. The number of halogens is 2. The standard InChI is InChI=1S/C8H8F2N2O3/c1-14-7(13)5-2-4(11)3-12-6(5)15-8(9)10/h2-3,8H,11H2,1H3. The largest absolute Gasteiger partial charge is 0.465 e. The normalized spacial score (nSPS) is 10.1. The summed E-state index contributed by atoms with van der Waals surface area (Å²) < 4.78 is 32.2. The number of nitrogens with two attached hydrogens (primary N) is 1. The molecule has 2 N–H and O–H groups in total. The highest BCUT2D eigenvalue weighted by molar-refractivity contribution is 5.92. The number of ether oxygens (including phenoxy) is 2. The van der Waals surface area contributed by atoms with Gasteiger partial charge in [-0.15, -0.1) is 0 Å². The van der Waals surface area contributed by atoms with Gasteiger partial charge in [0.15, 0.2) is 0 Å². The van der Waals surface area contributed by atoms with Crippen molar-refractivity contribution in [1.82, 2.24) is 4.98 Å². The highest BCUT2D eigenvalue weighted by atomic mass is 19.3. The predicted molar refractivity (Wildman–Crippen MR) is 46.6 cm³/mol. The second-order valence-electron chi connectivity index (χ2n) is 2.49. The first-order valence-corrected chi connectivity index (χ1v) is 3.83. The molecule has 5 nitrogen and oxygen atoms in total. The zero-order valence-corrected chi connectivity index (χ0v) is 7.74. The van der Waals surface area contributed by atoms with Crippen molar-refractivity contribution < 1.29 is 23.0 Å².